The highest BCUT2D eigenvalue weighted by Gasteiger charge is 2.61. The fourth-order valence-electron chi connectivity index (χ4n) is 2.14. The second-order valence-electron chi connectivity index (χ2n) is 4.71. The summed E-state index contributed by atoms with van der Waals surface area (Å²) >= 11 is 0. The first-order valence-corrected chi connectivity index (χ1v) is 6.14. The molecule has 116 valence electrons. The van der Waals surface area contributed by atoms with Crippen LogP contribution in [0, 0.1) is 0 Å². The molecular weight excluding hydrogens is 288 g/mol. The van der Waals surface area contributed by atoms with Gasteiger partial charge in [-0.2, -0.15) is 13.8 Å². The molecule has 0 radical (unpaired) electrons. The number of nitrogens with two attached hydrogens (primary N) is 1. The Bertz CT molecular complexity index is 592. The van der Waals surface area contributed by atoms with E-state index in [0.29, 0.717) is 4.57 Å². The maximum atomic E-state index is 14.1. The number of anilines is 1. The summed E-state index contributed by atoms with van der Waals surface area (Å²) in [5, 5.41) is 19.4. The molecule has 0 aromatic carbocycles. The molecule has 9 heteroatoms. The van der Waals surface area contributed by atoms with Crippen LogP contribution in [0.2, 0.25) is 0 Å². The Labute approximate surface area is 118 Å². The van der Waals surface area contributed by atoms with E-state index in [1.165, 1.54) is 6.08 Å². The summed E-state index contributed by atoms with van der Waals surface area (Å²) in [5.41, 5.74) is 4.25. The molecule has 1 aromatic rings. The van der Waals surface area contributed by atoms with Gasteiger partial charge in [0.2, 0.25) is 6.23 Å². The summed E-state index contributed by atoms with van der Waals surface area (Å²) < 4.78 is 33.7. The van der Waals surface area contributed by atoms with Crippen molar-refractivity contribution in [3.05, 3.63) is 35.4 Å². The number of hydrogen-bond donors (Lipinski definition) is 3. The van der Waals surface area contributed by atoms with Gasteiger partial charge in [-0.1, -0.05) is 6.08 Å². The molecule has 4 atom stereocenters. The third kappa shape index (κ3) is 2.67. The first-order chi connectivity index (χ1) is 9.78. The standard InChI is InChI=1S/C12H15F2N3O4/c1-2-3-6(18)8-9(19)12(13,14)10(21-8)17-5-4-7(15)16-11(17)20/h2,4-6,8-10,18-19H,1,3H2,(H2,15,16,20)/t6-,8+,9+,10+/m0/s1. The summed E-state index contributed by atoms with van der Waals surface area (Å²) in [5.74, 6) is -3.89. The van der Waals surface area contributed by atoms with Crippen molar-refractivity contribution in [2.45, 2.75) is 36.9 Å². The summed E-state index contributed by atoms with van der Waals surface area (Å²) in [4.78, 5) is 14.9. The molecule has 2 rings (SSSR count). The van der Waals surface area contributed by atoms with E-state index in [4.69, 9.17) is 10.5 Å². The second kappa shape index (κ2) is 5.51. The largest absolute Gasteiger partial charge is 0.390 e. The Morgan fingerprint density at radius 3 is 2.90 bits per heavy atom. The highest BCUT2D eigenvalue weighted by atomic mass is 19.3. The van der Waals surface area contributed by atoms with Crippen LogP contribution < -0.4 is 11.4 Å². The Hall–Kier alpha value is -1.84. The van der Waals surface area contributed by atoms with Crippen molar-refractivity contribution in [1.82, 2.24) is 9.55 Å². The summed E-state index contributed by atoms with van der Waals surface area (Å²) in [6.07, 6.45) is -4.99. The van der Waals surface area contributed by atoms with E-state index in [0.717, 1.165) is 12.3 Å². The number of nitrogen functional groups attached to an aromatic ring is 1. The number of rotatable bonds is 4. The molecule has 2 heterocycles. The van der Waals surface area contributed by atoms with Gasteiger partial charge in [0.15, 0.2) is 6.10 Å². The Balaban J connectivity index is 2.36. The third-order valence-electron chi connectivity index (χ3n) is 3.21. The number of aliphatic hydroxyl groups is 2. The van der Waals surface area contributed by atoms with Crippen molar-refractivity contribution in [3.8, 4) is 0 Å². The first-order valence-electron chi connectivity index (χ1n) is 6.14. The molecule has 21 heavy (non-hydrogen) atoms. The van der Waals surface area contributed by atoms with Crippen molar-refractivity contribution < 1.29 is 23.7 Å². The van der Waals surface area contributed by atoms with E-state index >= 15 is 0 Å². The van der Waals surface area contributed by atoms with E-state index in [-0.39, 0.29) is 12.2 Å². The van der Waals surface area contributed by atoms with Crippen LogP contribution in [0.25, 0.3) is 0 Å². The van der Waals surface area contributed by atoms with E-state index in [2.05, 4.69) is 11.6 Å². The molecule has 1 aliphatic heterocycles. The van der Waals surface area contributed by atoms with Crippen LogP contribution in [-0.2, 0) is 4.74 Å². The quantitative estimate of drug-likeness (QED) is 0.656. The van der Waals surface area contributed by atoms with Crippen molar-refractivity contribution >= 4 is 5.82 Å². The lowest BCUT2D eigenvalue weighted by atomic mass is 10.0. The molecule has 0 saturated carbocycles. The van der Waals surface area contributed by atoms with Crippen LogP contribution in [0.4, 0.5) is 14.6 Å². The molecule has 0 bridgehead atoms. The van der Waals surface area contributed by atoms with Gasteiger partial charge in [-0.25, -0.2) is 4.79 Å². The molecular formula is C12H15F2N3O4. The van der Waals surface area contributed by atoms with E-state index in [1.54, 1.807) is 0 Å². The minimum Gasteiger partial charge on any atom is -0.390 e. The van der Waals surface area contributed by atoms with Crippen molar-refractivity contribution in [2.24, 2.45) is 0 Å². The molecule has 0 aliphatic carbocycles. The topological polar surface area (TPSA) is 111 Å². The molecule has 0 spiro atoms. The van der Waals surface area contributed by atoms with Crippen molar-refractivity contribution in [2.75, 3.05) is 5.73 Å². The smallest absolute Gasteiger partial charge is 0.351 e. The number of ether oxygens (including phenoxy) is 1. The van der Waals surface area contributed by atoms with Crippen LogP contribution >= 0.6 is 0 Å². The lowest BCUT2D eigenvalue weighted by Crippen LogP contribution is -2.43. The number of hydrogen-bond acceptors (Lipinski definition) is 6. The molecule has 0 amide bonds. The van der Waals surface area contributed by atoms with Gasteiger partial charge in [-0.15, -0.1) is 6.58 Å². The molecule has 7 nitrogen and oxygen atoms in total. The summed E-state index contributed by atoms with van der Waals surface area (Å²) in [6.45, 7) is 3.37. The van der Waals surface area contributed by atoms with Crippen LogP contribution in [0.3, 0.4) is 0 Å². The average molecular weight is 303 g/mol. The zero-order valence-electron chi connectivity index (χ0n) is 10.9. The molecule has 4 N–H and O–H groups in total. The highest BCUT2D eigenvalue weighted by Crippen LogP contribution is 2.43. The highest BCUT2D eigenvalue weighted by molar-refractivity contribution is 5.23. The molecule has 1 fully saturated rings. The Kier molecular flexibility index (Phi) is 4.08. The van der Waals surface area contributed by atoms with Gasteiger partial charge in [-0.3, -0.25) is 4.57 Å². The van der Waals surface area contributed by atoms with Gasteiger partial charge in [0.05, 0.1) is 6.10 Å². The average Bonchev–Trinajstić information content (AvgIpc) is 2.62. The normalized spacial score (nSPS) is 29.2. The van der Waals surface area contributed by atoms with Gasteiger partial charge >= 0.3 is 11.6 Å². The zero-order chi connectivity index (χ0) is 15.8. The van der Waals surface area contributed by atoms with Crippen LogP contribution in [0.5, 0.6) is 0 Å². The predicted molar refractivity (Wildman–Crippen MR) is 68.6 cm³/mol. The maximum absolute atomic E-state index is 14.1. The van der Waals surface area contributed by atoms with Gasteiger partial charge < -0.3 is 20.7 Å². The lowest BCUT2D eigenvalue weighted by Gasteiger charge is -2.21. The fourth-order valence-corrected chi connectivity index (χ4v) is 2.14. The van der Waals surface area contributed by atoms with Gasteiger partial charge in [0.25, 0.3) is 0 Å². The van der Waals surface area contributed by atoms with E-state index < -0.39 is 36.2 Å². The first kappa shape index (κ1) is 15.5. The van der Waals surface area contributed by atoms with E-state index in [1.807, 2.05) is 0 Å². The minimum absolute atomic E-state index is 0.0422. The SMILES string of the molecule is C=CC[C@H](O)[C@H]1O[C@@H](n2ccc(N)nc2=O)C(F)(F)[C@@H]1O. The third-order valence-corrected chi connectivity index (χ3v) is 3.21. The van der Waals surface area contributed by atoms with Gasteiger partial charge in [0, 0.05) is 6.20 Å². The number of aromatic nitrogens is 2. The Morgan fingerprint density at radius 2 is 2.33 bits per heavy atom. The molecule has 1 saturated heterocycles. The lowest BCUT2D eigenvalue weighted by molar-refractivity contribution is -0.141. The zero-order valence-corrected chi connectivity index (χ0v) is 10.9. The number of aliphatic hydroxyl groups excluding tert-OH is 2. The van der Waals surface area contributed by atoms with Crippen LogP contribution in [0.15, 0.2) is 29.7 Å². The number of halogens is 2. The van der Waals surface area contributed by atoms with Crippen molar-refractivity contribution in [1.29, 1.82) is 0 Å². The molecule has 0 unspecified atom stereocenters. The van der Waals surface area contributed by atoms with Crippen molar-refractivity contribution in [3.63, 3.8) is 0 Å². The Morgan fingerprint density at radius 1 is 1.67 bits per heavy atom. The number of alkyl halides is 2. The van der Waals surface area contributed by atoms with Gasteiger partial charge in [0.1, 0.15) is 11.9 Å². The fraction of sp³-hybridized carbons (Fsp3) is 0.500. The maximum Gasteiger partial charge on any atom is 0.351 e. The van der Waals surface area contributed by atoms with E-state index in [9.17, 15) is 23.8 Å². The molecule has 1 aliphatic rings. The predicted octanol–water partition coefficient (Wildman–Crippen LogP) is -0.344. The summed E-state index contributed by atoms with van der Waals surface area (Å²) in [7, 11) is 0. The van der Waals surface area contributed by atoms with Crippen LogP contribution in [0.1, 0.15) is 12.6 Å². The van der Waals surface area contributed by atoms with Gasteiger partial charge in [-0.05, 0) is 12.5 Å². The summed E-state index contributed by atoms with van der Waals surface area (Å²) in [6, 6.07) is 1.15. The van der Waals surface area contributed by atoms with Crippen LogP contribution in [-0.4, -0.2) is 44.0 Å². The number of nitrogens with zero attached hydrogens (tertiary/aromatic N) is 2. The minimum atomic E-state index is -3.77. The molecule has 1 aromatic heterocycles. The monoisotopic (exact) mass is 303 g/mol. The second-order valence-corrected chi connectivity index (χ2v) is 4.71.